The highest BCUT2D eigenvalue weighted by atomic mass is 79.9. The van der Waals surface area contributed by atoms with Crippen LogP contribution in [0.5, 0.6) is 0 Å². The predicted molar refractivity (Wildman–Crippen MR) is 88.3 cm³/mol. The van der Waals surface area contributed by atoms with Crippen molar-refractivity contribution in [3.05, 3.63) is 34.3 Å². The van der Waals surface area contributed by atoms with Gasteiger partial charge >= 0.3 is 0 Å². The molecule has 1 amide bonds. The van der Waals surface area contributed by atoms with Crippen LogP contribution in [0.15, 0.2) is 28.7 Å². The van der Waals surface area contributed by atoms with Crippen LogP contribution >= 0.6 is 15.9 Å². The molecular formula is C17H23BrN2O. The lowest BCUT2D eigenvalue weighted by atomic mass is 9.77. The number of benzene rings is 1. The monoisotopic (exact) mass is 350 g/mol. The van der Waals surface area contributed by atoms with Crippen molar-refractivity contribution >= 4 is 21.8 Å². The molecule has 2 fully saturated rings. The highest BCUT2D eigenvalue weighted by molar-refractivity contribution is 9.10. The van der Waals surface area contributed by atoms with Gasteiger partial charge in [-0.15, -0.1) is 0 Å². The maximum absolute atomic E-state index is 13.0. The average molecular weight is 351 g/mol. The van der Waals surface area contributed by atoms with Crippen LogP contribution in [0.4, 0.5) is 0 Å². The molecular weight excluding hydrogens is 328 g/mol. The lowest BCUT2D eigenvalue weighted by molar-refractivity contribution is -0.127. The normalized spacial score (nSPS) is 24.7. The molecule has 1 saturated carbocycles. The number of carbonyl (C=O) groups is 1. The number of hydrogen-bond donors (Lipinski definition) is 2. The zero-order valence-electron chi connectivity index (χ0n) is 12.3. The fourth-order valence-corrected chi connectivity index (χ4v) is 4.11. The third kappa shape index (κ3) is 3.16. The van der Waals surface area contributed by atoms with Crippen LogP contribution in [0.3, 0.4) is 0 Å². The molecule has 3 nitrogen and oxygen atoms in total. The van der Waals surface area contributed by atoms with Gasteiger partial charge in [-0.1, -0.05) is 40.9 Å². The second-order valence-electron chi connectivity index (χ2n) is 6.32. The Bertz CT molecular complexity index is 505. The number of halogens is 1. The Kier molecular flexibility index (Phi) is 4.65. The van der Waals surface area contributed by atoms with E-state index in [0.717, 1.165) is 61.7 Å². The molecule has 1 saturated heterocycles. The predicted octanol–water partition coefficient (Wildman–Crippen LogP) is 3.13. The van der Waals surface area contributed by atoms with Crippen molar-refractivity contribution in [2.45, 2.75) is 50.0 Å². The second kappa shape index (κ2) is 6.49. The van der Waals surface area contributed by atoms with E-state index in [2.05, 4.69) is 38.7 Å². The molecule has 0 bridgehead atoms. The molecule has 0 radical (unpaired) electrons. The number of hydrogen-bond acceptors (Lipinski definition) is 2. The molecule has 2 aliphatic rings. The fraction of sp³-hybridized carbons (Fsp3) is 0.588. The van der Waals surface area contributed by atoms with Crippen LogP contribution in [0.25, 0.3) is 0 Å². The first kappa shape index (κ1) is 15.0. The molecule has 114 valence electrons. The van der Waals surface area contributed by atoms with Gasteiger partial charge in [-0.25, -0.2) is 0 Å². The molecule has 1 aliphatic heterocycles. The van der Waals surface area contributed by atoms with Crippen LogP contribution in [-0.2, 0) is 10.2 Å². The first-order valence-electron chi connectivity index (χ1n) is 7.98. The number of nitrogens with one attached hydrogen (secondary N) is 2. The highest BCUT2D eigenvalue weighted by Gasteiger charge is 2.43. The number of piperidine rings is 1. The van der Waals surface area contributed by atoms with Gasteiger partial charge in [0.1, 0.15) is 0 Å². The van der Waals surface area contributed by atoms with Crippen LogP contribution < -0.4 is 10.6 Å². The van der Waals surface area contributed by atoms with Crippen LogP contribution in [0, 0.1) is 0 Å². The minimum absolute atomic E-state index is 0.229. The lowest BCUT2D eigenvalue weighted by Crippen LogP contribution is -2.51. The van der Waals surface area contributed by atoms with Gasteiger partial charge in [0.25, 0.3) is 0 Å². The summed E-state index contributed by atoms with van der Waals surface area (Å²) in [4.78, 5) is 13.0. The summed E-state index contributed by atoms with van der Waals surface area (Å²) in [6.07, 6.45) is 6.46. The van der Waals surface area contributed by atoms with Crippen LogP contribution in [0.1, 0.15) is 44.1 Å². The number of carbonyl (C=O) groups excluding carboxylic acids is 1. The largest absolute Gasteiger partial charge is 0.351 e. The first-order valence-corrected chi connectivity index (χ1v) is 8.78. The smallest absolute Gasteiger partial charge is 0.230 e. The van der Waals surface area contributed by atoms with E-state index >= 15 is 0 Å². The standard InChI is InChI=1S/C17H23BrN2O/c18-14-6-3-5-13(11-14)17(8-1-2-9-17)16(21)20-15-7-4-10-19-12-15/h3,5-6,11,15,19H,1-2,4,7-10,12H2,(H,20,21)/t15-/m0/s1. The van der Waals surface area contributed by atoms with Crippen LogP contribution in [-0.4, -0.2) is 25.0 Å². The summed E-state index contributed by atoms with van der Waals surface area (Å²) in [6.45, 7) is 1.98. The molecule has 0 spiro atoms. The summed E-state index contributed by atoms with van der Waals surface area (Å²) in [6, 6.07) is 8.57. The minimum atomic E-state index is -0.318. The Balaban J connectivity index is 1.81. The van der Waals surface area contributed by atoms with Crippen molar-refractivity contribution in [1.29, 1.82) is 0 Å². The van der Waals surface area contributed by atoms with Gasteiger partial charge in [0.15, 0.2) is 0 Å². The molecule has 1 heterocycles. The van der Waals surface area contributed by atoms with E-state index in [4.69, 9.17) is 0 Å². The molecule has 1 aromatic carbocycles. The third-order valence-corrected chi connectivity index (χ3v) is 5.39. The van der Waals surface area contributed by atoms with Gasteiger partial charge in [-0.05, 0) is 49.9 Å². The van der Waals surface area contributed by atoms with Crippen LogP contribution in [0.2, 0.25) is 0 Å². The number of rotatable bonds is 3. The van der Waals surface area contributed by atoms with E-state index in [1.807, 2.05) is 12.1 Å². The van der Waals surface area contributed by atoms with E-state index in [0.29, 0.717) is 0 Å². The Hall–Kier alpha value is -0.870. The summed E-state index contributed by atoms with van der Waals surface area (Å²) in [5.41, 5.74) is 0.844. The van der Waals surface area contributed by atoms with Gasteiger partial charge in [0, 0.05) is 17.1 Å². The maximum atomic E-state index is 13.0. The van der Waals surface area contributed by atoms with E-state index in [-0.39, 0.29) is 17.4 Å². The summed E-state index contributed by atoms with van der Waals surface area (Å²) >= 11 is 3.54. The SMILES string of the molecule is O=C(N[C@H]1CCCNC1)C1(c2cccc(Br)c2)CCCC1. The van der Waals surface area contributed by atoms with Gasteiger partial charge in [0.2, 0.25) is 5.91 Å². The molecule has 0 aromatic heterocycles. The first-order chi connectivity index (χ1) is 10.2. The molecule has 21 heavy (non-hydrogen) atoms. The molecule has 1 aromatic rings. The van der Waals surface area contributed by atoms with E-state index in [1.54, 1.807) is 0 Å². The van der Waals surface area contributed by atoms with Gasteiger partial charge in [-0.3, -0.25) is 4.79 Å². The summed E-state index contributed by atoms with van der Waals surface area (Å²) in [5.74, 6) is 0.229. The Morgan fingerprint density at radius 2 is 2.10 bits per heavy atom. The second-order valence-corrected chi connectivity index (χ2v) is 7.23. The molecule has 0 unspecified atom stereocenters. The highest BCUT2D eigenvalue weighted by Crippen LogP contribution is 2.42. The Morgan fingerprint density at radius 3 is 2.76 bits per heavy atom. The molecule has 2 N–H and O–H groups in total. The van der Waals surface area contributed by atoms with E-state index in [1.165, 1.54) is 0 Å². The fourth-order valence-electron chi connectivity index (χ4n) is 3.71. The average Bonchev–Trinajstić information content (AvgIpc) is 2.99. The minimum Gasteiger partial charge on any atom is -0.351 e. The maximum Gasteiger partial charge on any atom is 0.230 e. The Labute approximate surface area is 135 Å². The van der Waals surface area contributed by atoms with Gasteiger partial charge in [0.05, 0.1) is 5.41 Å². The Morgan fingerprint density at radius 1 is 1.29 bits per heavy atom. The zero-order valence-corrected chi connectivity index (χ0v) is 13.9. The summed E-state index contributed by atoms with van der Waals surface area (Å²) < 4.78 is 1.05. The molecule has 3 rings (SSSR count). The summed E-state index contributed by atoms with van der Waals surface area (Å²) in [5, 5.41) is 6.67. The van der Waals surface area contributed by atoms with Gasteiger partial charge in [-0.2, -0.15) is 0 Å². The molecule has 1 atom stereocenters. The van der Waals surface area contributed by atoms with E-state index in [9.17, 15) is 4.79 Å². The van der Waals surface area contributed by atoms with Crippen molar-refractivity contribution in [2.75, 3.05) is 13.1 Å². The summed E-state index contributed by atoms with van der Waals surface area (Å²) in [7, 11) is 0. The third-order valence-electron chi connectivity index (χ3n) is 4.90. The number of amides is 1. The van der Waals surface area contributed by atoms with Crippen molar-refractivity contribution in [2.24, 2.45) is 0 Å². The topological polar surface area (TPSA) is 41.1 Å². The quantitative estimate of drug-likeness (QED) is 0.879. The van der Waals surface area contributed by atoms with Crippen molar-refractivity contribution in [3.8, 4) is 0 Å². The zero-order chi connectivity index (χ0) is 14.7. The molecule has 4 heteroatoms. The van der Waals surface area contributed by atoms with Gasteiger partial charge < -0.3 is 10.6 Å². The lowest BCUT2D eigenvalue weighted by Gasteiger charge is -2.32. The molecule has 1 aliphatic carbocycles. The van der Waals surface area contributed by atoms with Crippen molar-refractivity contribution in [1.82, 2.24) is 10.6 Å². The van der Waals surface area contributed by atoms with E-state index < -0.39 is 0 Å². The van der Waals surface area contributed by atoms with Crippen molar-refractivity contribution in [3.63, 3.8) is 0 Å². The van der Waals surface area contributed by atoms with Crippen molar-refractivity contribution < 1.29 is 4.79 Å².